The highest BCUT2D eigenvalue weighted by atomic mass is 16.1. The van der Waals surface area contributed by atoms with Crippen molar-refractivity contribution >= 4 is 5.91 Å². The Balaban J connectivity index is 1.73. The summed E-state index contributed by atoms with van der Waals surface area (Å²) < 4.78 is 1.94. The molecule has 7 heteroatoms. The minimum absolute atomic E-state index is 0.211. The quantitative estimate of drug-likeness (QED) is 0.751. The Kier molecular flexibility index (Phi) is 3.71. The average molecular weight is 248 g/mol. The van der Waals surface area contributed by atoms with Crippen LogP contribution >= 0.6 is 0 Å². The summed E-state index contributed by atoms with van der Waals surface area (Å²) in [6.07, 6.45) is 2.22. The Morgan fingerprint density at radius 2 is 2.33 bits per heavy atom. The number of hydrogen-bond acceptors (Lipinski definition) is 4. The second kappa shape index (κ2) is 5.44. The Labute approximate surface area is 105 Å². The van der Waals surface area contributed by atoms with E-state index >= 15 is 0 Å². The van der Waals surface area contributed by atoms with E-state index in [1.54, 1.807) is 0 Å². The number of rotatable bonds is 5. The van der Waals surface area contributed by atoms with Crippen molar-refractivity contribution in [1.82, 2.24) is 30.5 Å². The smallest absolute Gasteiger partial charge is 0.273 e. The number of carbonyl (C=O) groups excluding carboxylic acids is 1. The van der Waals surface area contributed by atoms with Crippen LogP contribution in [0.15, 0.2) is 12.3 Å². The molecule has 0 aliphatic heterocycles. The van der Waals surface area contributed by atoms with Crippen LogP contribution < -0.4 is 5.32 Å². The molecule has 2 rings (SSSR count). The molecule has 0 saturated heterocycles. The van der Waals surface area contributed by atoms with Crippen molar-refractivity contribution in [3.8, 4) is 0 Å². The van der Waals surface area contributed by atoms with Crippen LogP contribution in [-0.4, -0.2) is 37.6 Å². The van der Waals surface area contributed by atoms with Crippen LogP contribution in [0.4, 0.5) is 0 Å². The second-order valence-corrected chi connectivity index (χ2v) is 4.11. The largest absolute Gasteiger partial charge is 0.351 e. The lowest BCUT2D eigenvalue weighted by Crippen LogP contribution is -2.25. The van der Waals surface area contributed by atoms with Gasteiger partial charge < -0.3 is 5.32 Å². The molecule has 0 spiro atoms. The molecule has 0 aromatic carbocycles. The highest BCUT2D eigenvalue weighted by Gasteiger charge is 2.07. The van der Waals surface area contributed by atoms with E-state index in [1.807, 2.05) is 24.6 Å². The van der Waals surface area contributed by atoms with E-state index in [0.717, 1.165) is 24.4 Å². The maximum Gasteiger partial charge on any atom is 0.273 e. The number of nitrogens with zero attached hydrogens (tertiary/aromatic N) is 4. The summed E-state index contributed by atoms with van der Waals surface area (Å²) in [6, 6.07) is 2.04. The van der Waals surface area contributed by atoms with Gasteiger partial charge in [0, 0.05) is 18.8 Å². The van der Waals surface area contributed by atoms with Gasteiger partial charge in [-0.25, -0.2) is 0 Å². The summed E-state index contributed by atoms with van der Waals surface area (Å²) in [5, 5.41) is 16.8. The second-order valence-electron chi connectivity index (χ2n) is 4.11. The molecule has 0 unspecified atom stereocenters. The lowest BCUT2D eigenvalue weighted by Gasteiger charge is -2.05. The maximum absolute atomic E-state index is 11.5. The van der Waals surface area contributed by atoms with E-state index < -0.39 is 0 Å². The van der Waals surface area contributed by atoms with Gasteiger partial charge >= 0.3 is 0 Å². The minimum atomic E-state index is -0.211. The van der Waals surface area contributed by atoms with Crippen molar-refractivity contribution in [2.24, 2.45) is 0 Å². The molecule has 0 bridgehead atoms. The maximum atomic E-state index is 11.5. The summed E-state index contributed by atoms with van der Waals surface area (Å²) in [5.41, 5.74) is 2.45. The number of carbonyl (C=O) groups is 1. The van der Waals surface area contributed by atoms with E-state index in [2.05, 4.69) is 25.8 Å². The van der Waals surface area contributed by atoms with Crippen molar-refractivity contribution in [3.05, 3.63) is 29.3 Å². The van der Waals surface area contributed by atoms with Crippen LogP contribution in [0.2, 0.25) is 0 Å². The number of aryl methyl sites for hydroxylation is 3. The van der Waals surface area contributed by atoms with Gasteiger partial charge in [0.25, 0.3) is 5.91 Å². The van der Waals surface area contributed by atoms with Gasteiger partial charge in [-0.15, -0.1) is 0 Å². The van der Waals surface area contributed by atoms with E-state index in [4.69, 9.17) is 0 Å². The van der Waals surface area contributed by atoms with Crippen molar-refractivity contribution in [1.29, 1.82) is 0 Å². The van der Waals surface area contributed by atoms with Crippen molar-refractivity contribution < 1.29 is 4.79 Å². The lowest BCUT2D eigenvalue weighted by molar-refractivity contribution is 0.0947. The predicted octanol–water partition coefficient (Wildman–Crippen LogP) is 0.438. The van der Waals surface area contributed by atoms with Gasteiger partial charge in [0.05, 0.1) is 11.9 Å². The average Bonchev–Trinajstić information content (AvgIpc) is 2.94. The van der Waals surface area contributed by atoms with Gasteiger partial charge in [-0.3, -0.25) is 9.48 Å². The summed E-state index contributed by atoms with van der Waals surface area (Å²) in [4.78, 5) is 11.5. The molecule has 96 valence electrons. The zero-order chi connectivity index (χ0) is 13.0. The molecule has 0 atom stereocenters. The topological polar surface area (TPSA) is 88.5 Å². The molecule has 7 nitrogen and oxygen atoms in total. The Morgan fingerprint density at radius 1 is 1.50 bits per heavy atom. The van der Waals surface area contributed by atoms with E-state index in [9.17, 15) is 4.79 Å². The molecule has 2 heterocycles. The Morgan fingerprint density at radius 3 is 2.94 bits per heavy atom. The fourth-order valence-corrected chi connectivity index (χ4v) is 1.73. The number of H-pyrrole nitrogens is 1. The molecule has 2 aromatic rings. The first kappa shape index (κ1) is 12.3. The monoisotopic (exact) mass is 248 g/mol. The first-order valence-corrected chi connectivity index (χ1v) is 5.82. The van der Waals surface area contributed by atoms with Crippen LogP contribution in [-0.2, 0) is 6.54 Å². The number of hydrogen-bond donors (Lipinski definition) is 2. The number of nitrogens with one attached hydrogen (secondary N) is 2. The lowest BCUT2D eigenvalue weighted by atomic mass is 10.3. The molecule has 18 heavy (non-hydrogen) atoms. The summed E-state index contributed by atoms with van der Waals surface area (Å²) >= 11 is 0. The number of amides is 1. The number of aromatic amines is 1. The molecule has 0 saturated carbocycles. The number of aromatic nitrogens is 5. The molecular weight excluding hydrogens is 232 g/mol. The summed E-state index contributed by atoms with van der Waals surface area (Å²) in [7, 11) is 0. The van der Waals surface area contributed by atoms with Gasteiger partial charge in [0.2, 0.25) is 0 Å². The SMILES string of the molecule is Cc1cc(C)n(CCCNC(=O)c2cn[nH]n2)n1. The van der Waals surface area contributed by atoms with Crippen molar-refractivity contribution in [2.75, 3.05) is 6.54 Å². The van der Waals surface area contributed by atoms with Gasteiger partial charge in [-0.2, -0.15) is 20.5 Å². The van der Waals surface area contributed by atoms with Gasteiger partial charge in [-0.1, -0.05) is 0 Å². The van der Waals surface area contributed by atoms with E-state index in [1.165, 1.54) is 6.20 Å². The Hall–Kier alpha value is -2.18. The van der Waals surface area contributed by atoms with E-state index in [-0.39, 0.29) is 5.91 Å². The van der Waals surface area contributed by atoms with Crippen LogP contribution in [0.3, 0.4) is 0 Å². The van der Waals surface area contributed by atoms with Gasteiger partial charge in [-0.05, 0) is 26.3 Å². The molecule has 2 N–H and O–H groups in total. The summed E-state index contributed by atoms with van der Waals surface area (Å²) in [6.45, 7) is 5.37. The fourth-order valence-electron chi connectivity index (χ4n) is 1.73. The molecular formula is C11H16N6O. The van der Waals surface area contributed by atoms with Crippen LogP contribution in [0.25, 0.3) is 0 Å². The molecule has 0 radical (unpaired) electrons. The van der Waals surface area contributed by atoms with E-state index in [0.29, 0.717) is 12.2 Å². The van der Waals surface area contributed by atoms with Crippen molar-refractivity contribution in [2.45, 2.75) is 26.8 Å². The van der Waals surface area contributed by atoms with Gasteiger partial charge in [0.15, 0.2) is 5.69 Å². The standard InChI is InChI=1S/C11H16N6O/c1-8-6-9(2)17(15-8)5-3-4-12-11(18)10-7-13-16-14-10/h6-7H,3-5H2,1-2H3,(H,12,18)(H,13,14,16). The third-order valence-electron chi connectivity index (χ3n) is 2.58. The summed E-state index contributed by atoms with van der Waals surface area (Å²) in [5.74, 6) is -0.211. The first-order valence-electron chi connectivity index (χ1n) is 5.82. The van der Waals surface area contributed by atoms with Gasteiger partial charge in [0.1, 0.15) is 0 Å². The zero-order valence-corrected chi connectivity index (χ0v) is 10.5. The zero-order valence-electron chi connectivity index (χ0n) is 10.5. The minimum Gasteiger partial charge on any atom is -0.351 e. The van der Waals surface area contributed by atoms with Crippen LogP contribution in [0.1, 0.15) is 28.3 Å². The Bertz CT molecular complexity index is 516. The third kappa shape index (κ3) is 2.93. The predicted molar refractivity (Wildman–Crippen MR) is 65.0 cm³/mol. The molecule has 0 aliphatic rings. The normalized spacial score (nSPS) is 10.6. The first-order chi connectivity index (χ1) is 8.66. The fraction of sp³-hybridized carbons (Fsp3) is 0.455. The van der Waals surface area contributed by atoms with Crippen molar-refractivity contribution in [3.63, 3.8) is 0 Å². The molecule has 1 amide bonds. The molecule has 0 aliphatic carbocycles. The van der Waals surface area contributed by atoms with Crippen LogP contribution in [0, 0.1) is 13.8 Å². The third-order valence-corrected chi connectivity index (χ3v) is 2.58. The molecule has 0 fully saturated rings. The van der Waals surface area contributed by atoms with Crippen LogP contribution in [0.5, 0.6) is 0 Å². The molecule has 2 aromatic heterocycles. The highest BCUT2D eigenvalue weighted by molar-refractivity contribution is 5.91. The highest BCUT2D eigenvalue weighted by Crippen LogP contribution is 2.02.